The van der Waals surface area contributed by atoms with Gasteiger partial charge in [-0.25, -0.2) is 4.98 Å². The van der Waals surface area contributed by atoms with Crippen LogP contribution in [0.1, 0.15) is 89.8 Å². The Labute approximate surface area is 529 Å². The number of fused-ring (bicyclic) bond motifs is 4. The molecule has 82 heavy (non-hydrogen) atoms. The molecule has 0 radical (unpaired) electrons. The summed E-state index contributed by atoms with van der Waals surface area (Å²) in [5.41, 5.74) is 4.04. The van der Waals surface area contributed by atoms with Crippen molar-refractivity contribution in [3.05, 3.63) is 284 Å². The van der Waals surface area contributed by atoms with E-state index in [1.807, 2.05) is 53.1 Å². The quantitative estimate of drug-likeness (QED) is 0.0560. The molecule has 0 aliphatic carbocycles. The van der Waals surface area contributed by atoms with Crippen molar-refractivity contribution in [3.63, 3.8) is 0 Å². The van der Waals surface area contributed by atoms with Gasteiger partial charge in [-0.15, -0.1) is 29.7 Å². The molecule has 0 aliphatic heterocycles. The number of pyridine rings is 1. The second-order valence-electron chi connectivity index (χ2n) is 21.5. The minimum atomic E-state index is -5.67. The average Bonchev–Trinajstić information content (AvgIpc) is 1.18. The van der Waals surface area contributed by atoms with E-state index in [0.29, 0.717) is 33.0 Å². The fraction of sp³-hybridized carbons (Fsp3) is 0.120. The number of aryl methyl sites for hydroxylation is 1. The molecule has 5 nitrogen and oxygen atoms in total. The van der Waals surface area contributed by atoms with Gasteiger partial charge in [0.2, 0.25) is 0 Å². The van der Waals surface area contributed by atoms with Crippen LogP contribution < -0.4 is 30.1 Å². The van der Waals surface area contributed by atoms with E-state index in [2.05, 4.69) is 66.1 Å². The van der Waals surface area contributed by atoms with Crippen LogP contribution in [0.2, 0.25) is 0 Å². The summed E-state index contributed by atoms with van der Waals surface area (Å²) in [5.74, 6) is 0.284. The van der Waals surface area contributed by atoms with Gasteiger partial charge in [0, 0.05) is 54.0 Å². The van der Waals surface area contributed by atoms with Crippen LogP contribution in [-0.4, -0.2) is 22.2 Å². The fourth-order valence-electron chi connectivity index (χ4n) is 10.6. The molecule has 3 aromatic heterocycles. The Hall–Kier alpha value is -8.67. The molecule has 0 bridgehead atoms. The van der Waals surface area contributed by atoms with E-state index in [0.717, 1.165) is 22.3 Å². The van der Waals surface area contributed by atoms with E-state index in [9.17, 15) is 16.4 Å². The first-order valence-corrected chi connectivity index (χ1v) is 28.1. The van der Waals surface area contributed by atoms with Crippen molar-refractivity contribution in [1.29, 1.82) is 0 Å². The summed E-state index contributed by atoms with van der Waals surface area (Å²) in [5, 5.41) is -0.783. The maximum atomic E-state index is 9.83. The number of para-hydroxylation sites is 2. The van der Waals surface area contributed by atoms with E-state index < -0.39 is 157 Å². The summed E-state index contributed by atoms with van der Waals surface area (Å²) in [6.07, 6.45) is 4.79. The maximum Gasteiger partial charge on any atom is 0.268 e. The first-order valence-electron chi connectivity index (χ1n) is 37.6. The second kappa shape index (κ2) is 21.7. The van der Waals surface area contributed by atoms with Gasteiger partial charge in [0.15, 0.2) is 8.07 Å². The molecule has 0 spiro atoms. The molecule has 3 heterocycles. The van der Waals surface area contributed by atoms with Crippen LogP contribution >= 0.6 is 0 Å². The molecule has 13 rings (SSSR count). The number of imidazole rings is 1. The number of aromatic nitrogens is 4. The first-order chi connectivity index (χ1) is 48.8. The molecule has 0 saturated carbocycles. The number of hydrogen-bond acceptors (Lipinski definition) is 2. The predicted molar refractivity (Wildman–Crippen MR) is 337 cm³/mol. The summed E-state index contributed by atoms with van der Waals surface area (Å²) in [7, 11) is -5.67. The van der Waals surface area contributed by atoms with Crippen LogP contribution in [0.15, 0.2) is 248 Å². The number of nitrogens with zero attached hydrogens (tertiary/aromatic N) is 4. The van der Waals surface area contributed by atoms with Gasteiger partial charge >= 0.3 is 0 Å². The second-order valence-corrected chi connectivity index (χ2v) is 25.1. The number of hydrogen-bond donors (Lipinski definition) is 0. The Balaban J connectivity index is 0.0000104. The summed E-state index contributed by atoms with van der Waals surface area (Å²) in [6.45, 7) is 9.59. The van der Waals surface area contributed by atoms with Crippen molar-refractivity contribution >= 4 is 61.7 Å². The molecule has 0 fully saturated rings. The van der Waals surface area contributed by atoms with Gasteiger partial charge in [0.1, 0.15) is 5.82 Å². The summed E-state index contributed by atoms with van der Waals surface area (Å²) in [4.78, 5) is 4.71. The van der Waals surface area contributed by atoms with Crippen LogP contribution in [-0.2, 0) is 31.9 Å². The number of rotatable bonds is 11. The molecule has 404 valence electrons. The van der Waals surface area contributed by atoms with Gasteiger partial charge in [0.05, 0.1) is 44.1 Å². The zero-order valence-electron chi connectivity index (χ0n) is 68.1. The molecule has 0 amide bonds. The Bertz CT molecular complexity index is 5560. The summed E-state index contributed by atoms with van der Waals surface area (Å²) >= 11 is 0. The zero-order valence-corrected chi connectivity index (χ0v) is 48.4. The van der Waals surface area contributed by atoms with Crippen LogP contribution in [0.5, 0.6) is 11.5 Å². The molecule has 0 N–H and O–H groups in total. The van der Waals surface area contributed by atoms with E-state index in [-0.39, 0.29) is 76.9 Å². The van der Waals surface area contributed by atoms with Crippen LogP contribution in [0.3, 0.4) is 0 Å². The van der Waals surface area contributed by atoms with Crippen molar-refractivity contribution in [2.45, 2.75) is 59.2 Å². The molecular weight excluding hydrogens is 1200 g/mol. The van der Waals surface area contributed by atoms with Crippen LogP contribution in [0.25, 0.3) is 72.3 Å². The predicted octanol–water partition coefficient (Wildman–Crippen LogP) is 15.2. The smallest absolute Gasteiger partial charge is 0.268 e. The molecule has 0 atom stereocenters. The Kier molecular flexibility index (Phi) is 8.80. The summed E-state index contributed by atoms with van der Waals surface area (Å²) < 4.78 is 221. The Morgan fingerprint density at radius 2 is 1.20 bits per heavy atom. The average molecular weight is 1280 g/mol. The molecule has 0 unspecified atom stereocenters. The monoisotopic (exact) mass is 1280 g/mol. The van der Waals surface area contributed by atoms with Crippen molar-refractivity contribution in [3.8, 4) is 50.9 Å². The molecule has 10 aromatic carbocycles. The number of ether oxygens (including phenoxy) is 1. The normalized spacial score (nSPS) is 16.1. The van der Waals surface area contributed by atoms with Crippen molar-refractivity contribution in [2.75, 3.05) is 0 Å². The first kappa shape index (κ1) is 33.3. The fourth-order valence-corrected chi connectivity index (χ4v) is 14.5. The third-order valence-corrected chi connectivity index (χ3v) is 18.7. The van der Waals surface area contributed by atoms with E-state index >= 15 is 0 Å². The minimum Gasteiger partial charge on any atom is -0.510 e. The molecule has 0 saturated heterocycles. The van der Waals surface area contributed by atoms with Crippen LogP contribution in [0.4, 0.5) is 0 Å². The summed E-state index contributed by atoms with van der Waals surface area (Å²) in [6, 6.07) is 25.6. The molecule has 13 aromatic rings. The van der Waals surface area contributed by atoms with Gasteiger partial charge in [-0.1, -0.05) is 247 Å². The largest absolute Gasteiger partial charge is 0.510 e. The van der Waals surface area contributed by atoms with Gasteiger partial charge in [-0.2, -0.15) is 18.2 Å². The Morgan fingerprint density at radius 1 is 0.549 bits per heavy atom. The van der Waals surface area contributed by atoms with Crippen LogP contribution in [0, 0.1) is 25.3 Å². The standard InChI is InChI=1S/C75H62N4OSi.Pt/c1-52-45-72(76-50-66(52)53-25-12-8-13-26-53)79-68-40-21-20-37-64(68)65-43-41-58(48-70(65)79)80-57-30-23-29-56(47-57)77-51-78(73-63(38-24-39-67(73)75(5,6)7)54-27-22-28-55(46-54)74(2,3)4)69-44-42-62(49-71(69)77)81(59-31-14-9-15-32-59,60-33-16-10-17-34-60)61-35-18-11-19-36-61;/h8-46,49-50H,1-7H3;/q-2;/i1D3,8D,9D,10D,11D,12D,13D,14D,15D,16D,17D,18D,19D,25D,26D,31D,32D,33D,34D,35D,36D;. The van der Waals surface area contributed by atoms with Gasteiger partial charge in [-0.05, 0) is 95.0 Å². The van der Waals surface area contributed by atoms with Crippen molar-refractivity contribution in [1.82, 2.24) is 14.1 Å². The van der Waals surface area contributed by atoms with E-state index in [4.69, 9.17) is 24.8 Å². The topological polar surface area (TPSA) is 35.9 Å². The SMILES string of the molecule is [2H]c1c([2H])c([2H])c(-c2cnc(-n3c4[c-]c(Oc5[c-]c(-n6[c-][n+](-c7c(-c8cccc(C(C)(C)C)c8)cccc7C(C)(C)C)c7ccc([Si](c8c([2H])c([2H])c([2H])c([2H])c8[2H])(c8c([2H])c([2H])c([2H])c([2H])c8[2H])c8c([2H])c([2H])c([2H])c([2H])c8[2H])cc76)ccc5)ccc4c4ccccc43)cc2C([2H])([2H])[2H])c([2H])c1[2H].[Pt]. The Morgan fingerprint density at radius 3 is 1.87 bits per heavy atom. The maximum absolute atomic E-state index is 9.83. The van der Waals surface area contributed by atoms with Gasteiger partial charge in [-0.3, -0.25) is 4.57 Å². The van der Waals surface area contributed by atoms with Gasteiger partial charge in [0.25, 0.3) is 6.33 Å². The van der Waals surface area contributed by atoms with Gasteiger partial charge < -0.3 is 13.9 Å². The van der Waals surface area contributed by atoms with Crippen molar-refractivity contribution < 1.29 is 61.9 Å². The third-order valence-electron chi connectivity index (χ3n) is 14.5. The van der Waals surface area contributed by atoms with Crippen molar-refractivity contribution in [2.24, 2.45) is 0 Å². The molecular formula is C75H62N4OPtSi-2. The molecule has 0 aliphatic rings. The number of benzene rings is 10. The van der Waals surface area contributed by atoms with E-state index in [1.54, 1.807) is 57.7 Å². The zero-order chi connectivity index (χ0) is 75.4. The van der Waals surface area contributed by atoms with E-state index in [1.165, 1.54) is 24.4 Å². The third kappa shape index (κ3) is 9.64. The minimum absolute atomic E-state index is 0. The molecule has 7 heteroatoms.